The second-order valence-electron chi connectivity index (χ2n) is 0.0833. The summed E-state index contributed by atoms with van der Waals surface area (Å²) < 4.78 is 17.0. The summed E-state index contributed by atoms with van der Waals surface area (Å²) in [5.41, 5.74) is 0. The molecule has 1 radical (unpaired) electrons. The molecule has 0 spiro atoms. The first-order chi connectivity index (χ1) is 1.41. The van der Waals surface area contributed by atoms with Gasteiger partial charge in [0, 0.05) is 0 Å². The molecular weight excluding hydrogens is 138 g/mol. The fraction of sp³-hybridized carbons (Fsp3) is 0. The Hall–Kier alpha value is 0.0329. The van der Waals surface area contributed by atoms with Crippen LogP contribution in [0.25, 0.3) is 0 Å². The molecule has 3 nitrogen and oxygen atoms in total. The van der Waals surface area contributed by atoms with Gasteiger partial charge in [-0.05, 0) is 0 Å². The molecule has 0 unspecified atom stereocenters. The van der Waals surface area contributed by atoms with E-state index in [4.69, 9.17) is 7.91 Å². The van der Waals surface area contributed by atoms with E-state index in [0.29, 0.717) is 0 Å². The molecular formula is H5FGeNO2. The maximum absolute atomic E-state index is 8.50. The summed E-state index contributed by atoms with van der Waals surface area (Å²) in [6.45, 7) is 0. The van der Waals surface area contributed by atoms with Crippen LogP contribution in [0, 0.1) is 0 Å². The molecule has 33 valence electrons. The van der Waals surface area contributed by atoms with Crippen molar-refractivity contribution < 1.29 is 12.6 Å². The first-order valence-electron chi connectivity index (χ1n) is 0.408. The predicted octanol–water partition coefficient (Wildman–Crippen LogP) is -1.16. The second kappa shape index (κ2) is 34.8. The molecule has 0 aromatic carbocycles. The Morgan fingerprint density at radius 3 is 1.60 bits per heavy atom. The molecule has 0 aromatic heterocycles. The summed E-state index contributed by atoms with van der Waals surface area (Å²) in [6.07, 6.45) is 0. The SMILES string of the molecule is F.[NH4+].[O]=[Ge][O-]. The zero-order chi connectivity index (χ0) is 2.71. The van der Waals surface area contributed by atoms with Gasteiger partial charge in [0.05, 0.1) is 0 Å². The van der Waals surface area contributed by atoms with Gasteiger partial charge in [-0.1, -0.05) is 0 Å². The molecule has 0 fully saturated rings. The Morgan fingerprint density at radius 2 is 1.60 bits per heavy atom. The van der Waals surface area contributed by atoms with Crippen molar-refractivity contribution in [2.45, 2.75) is 0 Å². The van der Waals surface area contributed by atoms with E-state index in [-0.39, 0.29) is 10.9 Å². The predicted molar refractivity (Wildman–Crippen MR) is 14.9 cm³/mol. The average molecular weight is 143 g/mol. The number of hydrogen-bond acceptors (Lipinski definition) is 2. The van der Waals surface area contributed by atoms with E-state index in [1.165, 1.54) is 0 Å². The van der Waals surface area contributed by atoms with Gasteiger partial charge >= 0.3 is 23.6 Å². The molecule has 0 amide bonds. The molecule has 0 aliphatic rings. The van der Waals surface area contributed by atoms with Crippen LogP contribution in [0.2, 0.25) is 0 Å². The molecule has 4 N–H and O–H groups in total. The summed E-state index contributed by atoms with van der Waals surface area (Å²) >= 11 is -2.00. The minimum atomic E-state index is -2.00. The van der Waals surface area contributed by atoms with Gasteiger partial charge in [-0.3, -0.25) is 4.70 Å². The second-order valence-corrected chi connectivity index (χ2v) is 0.433. The number of rotatable bonds is 0. The fourth-order valence-electron chi connectivity index (χ4n) is 0. The van der Waals surface area contributed by atoms with Crippen LogP contribution in [0.5, 0.6) is 0 Å². The van der Waals surface area contributed by atoms with E-state index < -0.39 is 15.7 Å². The Bertz CT molecular complexity index is 17.1. The fourth-order valence-corrected chi connectivity index (χ4v) is 0. The molecule has 0 atom stereocenters. The monoisotopic (exact) mass is 144 g/mol. The third-order valence-electron chi connectivity index (χ3n) is 0. The normalized spacial score (nSPS) is 2.40. The quantitative estimate of drug-likeness (QED) is 0.434. The molecule has 0 saturated carbocycles. The van der Waals surface area contributed by atoms with Crippen molar-refractivity contribution in [3.8, 4) is 0 Å². The molecule has 0 aliphatic heterocycles. The Kier molecular flexibility index (Phi) is 138. The number of quaternary nitrogens is 1. The van der Waals surface area contributed by atoms with Crippen molar-refractivity contribution in [1.82, 2.24) is 6.15 Å². The molecule has 0 aliphatic carbocycles. The van der Waals surface area contributed by atoms with Gasteiger partial charge in [-0.15, -0.1) is 0 Å². The first kappa shape index (κ1) is 19.8. The van der Waals surface area contributed by atoms with Crippen LogP contribution in [0.3, 0.4) is 0 Å². The van der Waals surface area contributed by atoms with Crippen molar-refractivity contribution >= 4 is 15.7 Å². The Morgan fingerprint density at radius 1 is 1.60 bits per heavy atom. The van der Waals surface area contributed by atoms with Crippen LogP contribution in [0.4, 0.5) is 4.70 Å². The van der Waals surface area contributed by atoms with Crippen LogP contribution < -0.4 is 10.3 Å². The zero-order valence-electron chi connectivity index (χ0n) is 2.72. The molecule has 0 heterocycles. The van der Waals surface area contributed by atoms with Crippen molar-refractivity contribution in [2.24, 2.45) is 0 Å². The average Bonchev–Trinajstić information content (AvgIpc) is 0.918. The molecule has 0 aromatic rings. The summed E-state index contributed by atoms with van der Waals surface area (Å²) in [5, 5.41) is 0. The summed E-state index contributed by atoms with van der Waals surface area (Å²) in [7, 11) is 0. The van der Waals surface area contributed by atoms with E-state index in [2.05, 4.69) is 0 Å². The Balaban J connectivity index is -0.0000000200. The number of halogens is 1. The van der Waals surface area contributed by atoms with E-state index in [0.717, 1.165) is 0 Å². The van der Waals surface area contributed by atoms with Crippen LogP contribution in [-0.4, -0.2) is 15.7 Å². The van der Waals surface area contributed by atoms with Crippen LogP contribution >= 0.6 is 0 Å². The van der Waals surface area contributed by atoms with Crippen LogP contribution in [0.1, 0.15) is 0 Å². The molecule has 0 saturated heterocycles. The van der Waals surface area contributed by atoms with Crippen LogP contribution in [-0.2, 0) is 3.78 Å². The van der Waals surface area contributed by atoms with Gasteiger partial charge in [-0.2, -0.15) is 0 Å². The van der Waals surface area contributed by atoms with Gasteiger partial charge in [0.1, 0.15) is 0 Å². The van der Waals surface area contributed by atoms with Crippen LogP contribution in [0.15, 0.2) is 0 Å². The topological polar surface area (TPSA) is 76.6 Å². The third kappa shape index (κ3) is 15400. The minimum absolute atomic E-state index is 0. The standard InChI is InChI=1S/FH.GeO2.H3N/c;2-1-3;/h1H;;1H3/q;-1;/p+1. The van der Waals surface area contributed by atoms with E-state index >= 15 is 0 Å². The maximum atomic E-state index is 8.50. The van der Waals surface area contributed by atoms with Crippen molar-refractivity contribution in [1.29, 1.82) is 0 Å². The summed E-state index contributed by atoms with van der Waals surface area (Å²) in [6, 6.07) is 0. The first-order valence-corrected chi connectivity index (χ1v) is 2.12. The van der Waals surface area contributed by atoms with Gasteiger partial charge in [-0.25, -0.2) is 0 Å². The third-order valence-corrected chi connectivity index (χ3v) is 0. The van der Waals surface area contributed by atoms with E-state index in [1.807, 2.05) is 0 Å². The number of hydrogen-bond donors (Lipinski definition) is 1. The van der Waals surface area contributed by atoms with Crippen molar-refractivity contribution in [2.75, 3.05) is 0 Å². The van der Waals surface area contributed by atoms with Crippen molar-refractivity contribution in [3.63, 3.8) is 0 Å². The van der Waals surface area contributed by atoms with Gasteiger partial charge in [0.2, 0.25) is 0 Å². The molecule has 0 bridgehead atoms. The van der Waals surface area contributed by atoms with E-state index in [1.54, 1.807) is 0 Å². The molecule has 0 rings (SSSR count). The van der Waals surface area contributed by atoms with Crippen molar-refractivity contribution in [3.05, 3.63) is 0 Å². The van der Waals surface area contributed by atoms with Gasteiger partial charge < -0.3 is 6.15 Å². The summed E-state index contributed by atoms with van der Waals surface area (Å²) in [4.78, 5) is 0. The van der Waals surface area contributed by atoms with Gasteiger partial charge in [0.15, 0.2) is 0 Å². The summed E-state index contributed by atoms with van der Waals surface area (Å²) in [5.74, 6) is 0. The Labute approximate surface area is 35.4 Å². The molecule has 5 heteroatoms. The zero-order valence-corrected chi connectivity index (χ0v) is 4.82. The van der Waals surface area contributed by atoms with Gasteiger partial charge in [0.25, 0.3) is 0 Å². The van der Waals surface area contributed by atoms with E-state index in [9.17, 15) is 0 Å². The molecule has 5 heavy (non-hydrogen) atoms.